The number of carboxylic acid groups (broad SMARTS) is 1. The Kier molecular flexibility index (Phi) is 10.1. The Morgan fingerprint density at radius 2 is 1.60 bits per heavy atom. The molecule has 0 fully saturated rings. The number of unbranched alkanes of at least 4 members (excludes halogenated alkanes) is 3. The molecular weight excluding hydrogens is 617 g/mol. The number of aliphatic carboxylic acids is 1. The van der Waals surface area contributed by atoms with Crippen molar-refractivity contribution in [3.05, 3.63) is 77.5 Å². The first-order valence-corrected chi connectivity index (χ1v) is 18.2. The van der Waals surface area contributed by atoms with E-state index in [0.717, 1.165) is 46.8 Å². The topological polar surface area (TPSA) is 152 Å². The van der Waals surface area contributed by atoms with Crippen LogP contribution in [-0.4, -0.2) is 66.1 Å². The van der Waals surface area contributed by atoms with Gasteiger partial charge in [-0.3, -0.25) is 13.9 Å². The Bertz CT molecular complexity index is 1770. The molecule has 0 saturated heterocycles. The minimum Gasteiger partial charge on any atom is -0.481 e. The van der Waals surface area contributed by atoms with E-state index < -0.39 is 31.6 Å². The van der Waals surface area contributed by atoms with Crippen molar-refractivity contribution in [2.75, 3.05) is 23.7 Å². The molecule has 244 valence electrons. The highest BCUT2D eigenvalue weighted by molar-refractivity contribution is 7.86. The molecule has 2 aromatic carbocycles. The van der Waals surface area contributed by atoms with Gasteiger partial charge in [-0.1, -0.05) is 44.5 Å². The van der Waals surface area contributed by atoms with Crippen LogP contribution in [-0.2, 0) is 35.9 Å². The van der Waals surface area contributed by atoms with Gasteiger partial charge in [-0.15, -0.1) is 0 Å². The van der Waals surface area contributed by atoms with Crippen molar-refractivity contribution in [2.24, 2.45) is 0 Å². The molecule has 2 aliphatic heterocycles. The van der Waals surface area contributed by atoms with E-state index >= 15 is 0 Å². The van der Waals surface area contributed by atoms with E-state index in [2.05, 4.69) is 41.5 Å². The van der Waals surface area contributed by atoms with Gasteiger partial charge in [0, 0.05) is 53.9 Å². The molecule has 0 aliphatic carbocycles. The molecule has 45 heavy (non-hydrogen) atoms. The van der Waals surface area contributed by atoms with Crippen LogP contribution < -0.4 is 4.90 Å². The fourth-order valence-electron chi connectivity index (χ4n) is 6.45. The van der Waals surface area contributed by atoms with Crippen LogP contribution in [0.3, 0.4) is 0 Å². The Morgan fingerprint density at radius 3 is 2.27 bits per heavy atom. The third-order valence-corrected chi connectivity index (χ3v) is 10.4. The normalized spacial score (nSPS) is 18.2. The molecule has 3 N–H and O–H groups in total. The van der Waals surface area contributed by atoms with Crippen molar-refractivity contribution in [1.82, 2.24) is 0 Å². The zero-order valence-electron chi connectivity index (χ0n) is 26.2. The smallest absolute Gasteiger partial charge is 0.303 e. The molecule has 12 heteroatoms. The molecule has 0 unspecified atom stereocenters. The van der Waals surface area contributed by atoms with Crippen LogP contribution >= 0.6 is 0 Å². The van der Waals surface area contributed by atoms with E-state index in [9.17, 15) is 30.7 Å². The number of para-hydroxylation sites is 1. The average Bonchev–Trinajstić information content (AvgIpc) is 3.28. The molecule has 0 atom stereocenters. The lowest BCUT2D eigenvalue weighted by atomic mass is 9.81. The summed E-state index contributed by atoms with van der Waals surface area (Å²) in [6, 6.07) is 12.7. The number of carboxylic acids is 1. The number of allylic oxidation sites excluding steroid dienone is 4. The van der Waals surface area contributed by atoms with Crippen LogP contribution in [0.4, 0.5) is 11.4 Å². The second-order valence-electron chi connectivity index (χ2n) is 12.7. The van der Waals surface area contributed by atoms with Crippen LogP contribution in [0.25, 0.3) is 0 Å². The molecule has 0 radical (unpaired) electrons. The molecule has 10 nitrogen and oxygen atoms in total. The van der Waals surface area contributed by atoms with Gasteiger partial charge >= 0.3 is 5.97 Å². The van der Waals surface area contributed by atoms with Crippen molar-refractivity contribution >= 4 is 43.3 Å². The summed E-state index contributed by atoms with van der Waals surface area (Å²) in [5.74, 6) is -1.11. The minimum absolute atomic E-state index is 0.105. The number of fused-ring (bicyclic) bond motifs is 2. The molecule has 0 aromatic heterocycles. The van der Waals surface area contributed by atoms with E-state index in [0.29, 0.717) is 32.4 Å². The van der Waals surface area contributed by atoms with Gasteiger partial charge in [-0.05, 0) is 62.9 Å². The van der Waals surface area contributed by atoms with Crippen LogP contribution in [0.5, 0.6) is 0 Å². The Balaban J connectivity index is 1.70. The number of hydrogen-bond donors (Lipinski definition) is 3. The quantitative estimate of drug-likeness (QED) is 0.129. The predicted octanol–water partition coefficient (Wildman–Crippen LogP) is 5.86. The first-order chi connectivity index (χ1) is 20.9. The lowest BCUT2D eigenvalue weighted by Crippen LogP contribution is -2.28. The van der Waals surface area contributed by atoms with Gasteiger partial charge < -0.3 is 10.0 Å². The first kappa shape index (κ1) is 34.6. The number of anilines is 1. The lowest BCUT2D eigenvalue weighted by molar-refractivity contribution is -0.438. The standard InChI is InChI=1S/C33H42N2O8S2/c1-32(2)25-13-7-8-14-27(25)34(21-10-11-22-44(38,39)40)29(32)15-12-16-30-33(3,4)26-23-24(45(41,42)43)18-19-28(26)35(30)20-9-5-6-17-31(36)37/h7-8,12-16,18-19,23H,5-6,9-11,17,20-22H2,1-4H3,(H2-,36,37,38,39,40,41,42,43)/p+1. The number of rotatable bonds is 14. The summed E-state index contributed by atoms with van der Waals surface area (Å²) in [7, 11) is -8.43. The van der Waals surface area contributed by atoms with Crippen LogP contribution in [0.2, 0.25) is 0 Å². The second-order valence-corrected chi connectivity index (χ2v) is 15.7. The SMILES string of the molecule is CC1(C)C(/C=C/C=C2/N(CCCCCC(=O)O)c3ccc(S(=O)(=O)O)cc3C2(C)C)=[N+](CCCCS(=O)(=O)O)c2ccccc21. The summed E-state index contributed by atoms with van der Waals surface area (Å²) in [6.07, 6.45) is 9.09. The molecule has 0 saturated carbocycles. The summed E-state index contributed by atoms with van der Waals surface area (Å²) in [4.78, 5) is 12.9. The lowest BCUT2D eigenvalue weighted by Gasteiger charge is -2.27. The Hall–Kier alpha value is -3.32. The van der Waals surface area contributed by atoms with Crippen LogP contribution in [0, 0.1) is 0 Å². The van der Waals surface area contributed by atoms with Crippen molar-refractivity contribution in [3.63, 3.8) is 0 Å². The van der Waals surface area contributed by atoms with Gasteiger partial charge in [0.15, 0.2) is 5.71 Å². The van der Waals surface area contributed by atoms with Gasteiger partial charge in [0.1, 0.15) is 6.54 Å². The number of carbonyl (C=O) groups is 1. The summed E-state index contributed by atoms with van der Waals surface area (Å²) < 4.78 is 67.6. The van der Waals surface area contributed by atoms with Crippen molar-refractivity contribution < 1.29 is 40.4 Å². The van der Waals surface area contributed by atoms with Crippen molar-refractivity contribution in [2.45, 2.75) is 81.9 Å². The maximum Gasteiger partial charge on any atom is 0.303 e. The minimum atomic E-state index is -4.40. The van der Waals surface area contributed by atoms with Gasteiger partial charge in [-0.25, -0.2) is 0 Å². The van der Waals surface area contributed by atoms with Crippen molar-refractivity contribution in [1.29, 1.82) is 0 Å². The molecule has 0 bridgehead atoms. The highest BCUT2D eigenvalue weighted by Gasteiger charge is 2.44. The largest absolute Gasteiger partial charge is 0.481 e. The molecule has 0 amide bonds. The summed E-state index contributed by atoms with van der Waals surface area (Å²) in [5, 5.41) is 9.01. The molecule has 0 spiro atoms. The van der Waals surface area contributed by atoms with E-state index in [4.69, 9.17) is 5.11 Å². The number of hydrogen-bond acceptors (Lipinski definition) is 6. The van der Waals surface area contributed by atoms with Crippen LogP contribution in [0.1, 0.15) is 77.3 Å². The Labute approximate surface area is 266 Å². The van der Waals surface area contributed by atoms with Crippen LogP contribution in [0.15, 0.2) is 71.3 Å². The zero-order chi connectivity index (χ0) is 33.2. The number of nitrogens with zero attached hydrogens (tertiary/aromatic N) is 2. The van der Waals surface area contributed by atoms with Crippen molar-refractivity contribution in [3.8, 4) is 0 Å². The van der Waals surface area contributed by atoms with E-state index in [-0.39, 0.29) is 22.5 Å². The average molecular weight is 660 g/mol. The maximum atomic E-state index is 12.0. The fraction of sp³-hybridized carbons (Fsp3) is 0.455. The highest BCUT2D eigenvalue weighted by atomic mass is 32.2. The summed E-state index contributed by atoms with van der Waals surface area (Å²) >= 11 is 0. The monoisotopic (exact) mass is 659 g/mol. The van der Waals surface area contributed by atoms with E-state index in [1.54, 1.807) is 6.07 Å². The second kappa shape index (κ2) is 13.2. The predicted molar refractivity (Wildman–Crippen MR) is 175 cm³/mol. The Morgan fingerprint density at radius 1 is 0.889 bits per heavy atom. The molecule has 2 aliphatic rings. The van der Waals surface area contributed by atoms with Gasteiger partial charge in [0.05, 0.1) is 16.1 Å². The van der Waals surface area contributed by atoms with E-state index in [1.165, 1.54) is 12.1 Å². The summed E-state index contributed by atoms with van der Waals surface area (Å²) in [5.41, 5.74) is 4.85. The first-order valence-electron chi connectivity index (χ1n) is 15.1. The molecule has 2 aromatic rings. The van der Waals surface area contributed by atoms with Gasteiger partial charge in [-0.2, -0.15) is 21.4 Å². The fourth-order valence-corrected chi connectivity index (χ4v) is 7.52. The number of benzene rings is 2. The molecular formula is C33H43N2O8S2+. The zero-order valence-corrected chi connectivity index (χ0v) is 27.9. The molecule has 2 heterocycles. The van der Waals surface area contributed by atoms with Gasteiger partial charge in [0.2, 0.25) is 5.69 Å². The molecule has 4 rings (SSSR count). The van der Waals surface area contributed by atoms with Gasteiger partial charge in [0.25, 0.3) is 20.2 Å². The van der Waals surface area contributed by atoms with E-state index in [1.807, 2.05) is 38.1 Å². The third kappa shape index (κ3) is 7.74. The highest BCUT2D eigenvalue weighted by Crippen LogP contribution is 2.48. The third-order valence-electron chi connectivity index (χ3n) is 8.78. The maximum absolute atomic E-state index is 12.0. The summed E-state index contributed by atoms with van der Waals surface area (Å²) in [6.45, 7) is 9.48.